The molecule has 0 aliphatic heterocycles. The Morgan fingerprint density at radius 1 is 1.08 bits per heavy atom. The molecule has 118 valence electrons. The van der Waals surface area contributed by atoms with Gasteiger partial charge in [0.2, 0.25) is 5.82 Å². The molecular weight excluding hydrogens is 313 g/mol. The van der Waals surface area contributed by atoms with E-state index in [2.05, 4.69) is 15.1 Å². The van der Waals surface area contributed by atoms with Gasteiger partial charge in [0.15, 0.2) is 0 Å². The van der Waals surface area contributed by atoms with Gasteiger partial charge in [0.1, 0.15) is 17.1 Å². The van der Waals surface area contributed by atoms with Crippen LogP contribution >= 0.6 is 0 Å². The molecule has 0 unspecified atom stereocenters. The van der Waals surface area contributed by atoms with Gasteiger partial charge in [-0.25, -0.2) is 4.39 Å². The molecule has 4 rings (SSSR count). The average molecular weight is 323 g/mol. The highest BCUT2D eigenvalue weighted by Crippen LogP contribution is 2.31. The number of benzene rings is 2. The van der Waals surface area contributed by atoms with Crippen LogP contribution < -0.4 is 5.56 Å². The monoisotopic (exact) mass is 323 g/mol. The molecule has 0 amide bonds. The molecule has 2 aromatic heterocycles. The first-order chi connectivity index (χ1) is 11.6. The van der Waals surface area contributed by atoms with E-state index in [1.807, 2.05) is 0 Å². The van der Waals surface area contributed by atoms with Crippen LogP contribution in [0.5, 0.6) is 5.75 Å². The van der Waals surface area contributed by atoms with Gasteiger partial charge in [-0.1, -0.05) is 17.3 Å². The molecule has 0 aliphatic rings. The van der Waals surface area contributed by atoms with Gasteiger partial charge < -0.3 is 14.6 Å². The van der Waals surface area contributed by atoms with E-state index in [-0.39, 0.29) is 28.8 Å². The smallest absolute Gasteiger partial charge is 0.267 e. The SMILES string of the molecule is O=c1[nH]c2ccccc2c(O)c1-c1nc(-c2ccc(F)cc2)no1. The third kappa shape index (κ3) is 2.23. The molecular formula is C17H10FN3O3. The second-order valence-corrected chi connectivity index (χ2v) is 5.15. The van der Waals surface area contributed by atoms with E-state index >= 15 is 0 Å². The summed E-state index contributed by atoms with van der Waals surface area (Å²) in [5.74, 6) is -0.537. The number of hydrogen-bond donors (Lipinski definition) is 2. The minimum atomic E-state index is -0.541. The quantitative estimate of drug-likeness (QED) is 0.591. The maximum Gasteiger partial charge on any atom is 0.267 e. The molecule has 0 spiro atoms. The van der Waals surface area contributed by atoms with Gasteiger partial charge in [-0.05, 0) is 36.4 Å². The second-order valence-electron chi connectivity index (χ2n) is 5.15. The lowest BCUT2D eigenvalue weighted by molar-refractivity contribution is 0.426. The van der Waals surface area contributed by atoms with Crippen molar-refractivity contribution in [3.8, 4) is 28.6 Å². The van der Waals surface area contributed by atoms with Crippen LogP contribution in [0.1, 0.15) is 0 Å². The summed E-state index contributed by atoms with van der Waals surface area (Å²) in [5, 5.41) is 14.7. The zero-order valence-electron chi connectivity index (χ0n) is 12.2. The summed E-state index contributed by atoms with van der Waals surface area (Å²) in [7, 11) is 0. The van der Waals surface area contributed by atoms with Crippen LogP contribution in [-0.4, -0.2) is 20.2 Å². The molecule has 0 radical (unpaired) electrons. The summed E-state index contributed by atoms with van der Waals surface area (Å²) < 4.78 is 18.1. The Morgan fingerprint density at radius 3 is 2.62 bits per heavy atom. The van der Waals surface area contributed by atoms with E-state index in [4.69, 9.17) is 4.52 Å². The van der Waals surface area contributed by atoms with Crippen LogP contribution in [0.15, 0.2) is 57.8 Å². The van der Waals surface area contributed by atoms with Crippen molar-refractivity contribution < 1.29 is 14.0 Å². The fraction of sp³-hybridized carbons (Fsp3) is 0. The Labute approximate surface area is 134 Å². The minimum Gasteiger partial charge on any atom is -0.506 e. The molecule has 7 heteroatoms. The van der Waals surface area contributed by atoms with Gasteiger partial charge in [0, 0.05) is 10.9 Å². The van der Waals surface area contributed by atoms with Crippen LogP contribution in [0, 0.1) is 5.82 Å². The number of halogens is 1. The number of hydrogen-bond acceptors (Lipinski definition) is 5. The maximum atomic E-state index is 13.0. The molecule has 0 bridgehead atoms. The zero-order chi connectivity index (χ0) is 16.7. The summed E-state index contributed by atoms with van der Waals surface area (Å²) in [5.41, 5.74) is 0.389. The molecule has 4 aromatic rings. The number of fused-ring (bicyclic) bond motifs is 1. The topological polar surface area (TPSA) is 92.0 Å². The third-order valence-corrected chi connectivity index (χ3v) is 3.64. The summed E-state index contributed by atoms with van der Waals surface area (Å²) in [6, 6.07) is 12.4. The van der Waals surface area contributed by atoms with Crippen molar-refractivity contribution in [2.75, 3.05) is 0 Å². The largest absolute Gasteiger partial charge is 0.506 e. The van der Waals surface area contributed by atoms with E-state index in [1.54, 1.807) is 24.3 Å². The van der Waals surface area contributed by atoms with Crippen LogP contribution in [-0.2, 0) is 0 Å². The Hall–Kier alpha value is -3.48. The number of rotatable bonds is 2. The molecule has 2 heterocycles. The van der Waals surface area contributed by atoms with Crippen molar-refractivity contribution in [3.05, 3.63) is 64.7 Å². The second kappa shape index (κ2) is 5.31. The third-order valence-electron chi connectivity index (χ3n) is 3.64. The number of para-hydroxylation sites is 1. The molecule has 0 atom stereocenters. The van der Waals surface area contributed by atoms with E-state index in [0.29, 0.717) is 16.5 Å². The molecule has 2 aromatic carbocycles. The van der Waals surface area contributed by atoms with Crippen LogP contribution in [0.2, 0.25) is 0 Å². The first-order valence-electron chi connectivity index (χ1n) is 7.07. The number of nitrogens with one attached hydrogen (secondary N) is 1. The molecule has 0 saturated heterocycles. The maximum absolute atomic E-state index is 13.0. The number of aromatic amines is 1. The minimum absolute atomic E-state index is 0.102. The van der Waals surface area contributed by atoms with Crippen molar-refractivity contribution in [2.45, 2.75) is 0 Å². The molecule has 24 heavy (non-hydrogen) atoms. The number of nitrogens with zero attached hydrogens (tertiary/aromatic N) is 2. The number of aromatic hydroxyl groups is 1. The predicted molar refractivity (Wildman–Crippen MR) is 84.9 cm³/mol. The summed E-state index contributed by atoms with van der Waals surface area (Å²) in [6.07, 6.45) is 0. The van der Waals surface area contributed by atoms with Gasteiger partial charge >= 0.3 is 0 Å². The van der Waals surface area contributed by atoms with E-state index in [0.717, 1.165) is 0 Å². The first-order valence-corrected chi connectivity index (χ1v) is 7.07. The van der Waals surface area contributed by atoms with Gasteiger partial charge in [0.05, 0.1) is 5.52 Å². The highest BCUT2D eigenvalue weighted by atomic mass is 19.1. The Morgan fingerprint density at radius 2 is 1.83 bits per heavy atom. The zero-order valence-corrected chi connectivity index (χ0v) is 12.2. The first kappa shape index (κ1) is 14.1. The summed E-state index contributed by atoms with van der Waals surface area (Å²) in [4.78, 5) is 19.0. The standard InChI is InChI=1S/C17H10FN3O3/c18-10-7-5-9(6-8-10)15-20-17(24-21-15)13-14(22)11-3-1-2-4-12(11)19-16(13)23/h1-8H,(H2,19,22,23). The lowest BCUT2D eigenvalue weighted by atomic mass is 10.1. The van der Waals surface area contributed by atoms with Gasteiger partial charge in [0.25, 0.3) is 11.4 Å². The van der Waals surface area contributed by atoms with Crippen molar-refractivity contribution in [3.63, 3.8) is 0 Å². The molecule has 0 aliphatic carbocycles. The van der Waals surface area contributed by atoms with Crippen molar-refractivity contribution in [2.24, 2.45) is 0 Å². The Balaban J connectivity index is 1.87. The van der Waals surface area contributed by atoms with Gasteiger partial charge in [-0.15, -0.1) is 0 Å². The lowest BCUT2D eigenvalue weighted by Crippen LogP contribution is -2.09. The van der Waals surface area contributed by atoms with Gasteiger partial charge in [-0.2, -0.15) is 4.98 Å². The van der Waals surface area contributed by atoms with Crippen LogP contribution in [0.25, 0.3) is 33.7 Å². The van der Waals surface area contributed by atoms with Gasteiger partial charge in [-0.3, -0.25) is 4.79 Å². The Kier molecular flexibility index (Phi) is 3.13. The number of H-pyrrole nitrogens is 1. The van der Waals surface area contributed by atoms with Crippen molar-refractivity contribution in [1.29, 1.82) is 0 Å². The lowest BCUT2D eigenvalue weighted by Gasteiger charge is -2.03. The molecule has 6 nitrogen and oxygen atoms in total. The molecule has 0 fully saturated rings. The Bertz CT molecular complexity index is 1100. The van der Waals surface area contributed by atoms with E-state index in [9.17, 15) is 14.3 Å². The highest BCUT2D eigenvalue weighted by Gasteiger charge is 2.20. The summed E-state index contributed by atoms with van der Waals surface area (Å²) in [6.45, 7) is 0. The normalized spacial score (nSPS) is 11.0. The van der Waals surface area contributed by atoms with Crippen LogP contribution in [0.4, 0.5) is 4.39 Å². The summed E-state index contributed by atoms with van der Waals surface area (Å²) >= 11 is 0. The van der Waals surface area contributed by atoms with Crippen molar-refractivity contribution >= 4 is 10.9 Å². The molecule has 0 saturated carbocycles. The number of aromatic nitrogens is 3. The fourth-order valence-electron chi connectivity index (χ4n) is 2.47. The number of pyridine rings is 1. The highest BCUT2D eigenvalue weighted by molar-refractivity contribution is 5.90. The van der Waals surface area contributed by atoms with Crippen LogP contribution in [0.3, 0.4) is 0 Å². The van der Waals surface area contributed by atoms with E-state index < -0.39 is 5.56 Å². The van der Waals surface area contributed by atoms with E-state index in [1.165, 1.54) is 24.3 Å². The fourth-order valence-corrected chi connectivity index (χ4v) is 2.47. The predicted octanol–water partition coefficient (Wildman–Crippen LogP) is 3.09. The molecule has 2 N–H and O–H groups in total. The van der Waals surface area contributed by atoms with Crippen molar-refractivity contribution in [1.82, 2.24) is 15.1 Å². The average Bonchev–Trinajstić information content (AvgIpc) is 3.05.